The van der Waals surface area contributed by atoms with Gasteiger partial charge in [-0.1, -0.05) is 0 Å². The second kappa shape index (κ2) is 10.2. The molecule has 0 fully saturated rings. The zero-order valence-corrected chi connectivity index (χ0v) is 18.3. The van der Waals surface area contributed by atoms with E-state index in [1.54, 1.807) is 24.3 Å². The molecular weight excluding hydrogens is 468 g/mol. The van der Waals surface area contributed by atoms with Crippen LogP contribution in [0.1, 0.15) is 11.1 Å². The monoisotopic (exact) mass is 484 g/mol. The number of nitro groups is 2. The number of nitrogens with zero attached hydrogens (tertiary/aromatic N) is 6. The highest BCUT2D eigenvalue weighted by Gasteiger charge is 2.10. The van der Waals surface area contributed by atoms with Crippen LogP contribution in [0, 0.1) is 20.2 Å². The Morgan fingerprint density at radius 2 is 1.08 bits per heavy atom. The van der Waals surface area contributed by atoms with Crippen molar-refractivity contribution in [2.75, 3.05) is 0 Å². The van der Waals surface area contributed by atoms with Crippen molar-refractivity contribution in [3.05, 3.63) is 104 Å². The molecule has 12 nitrogen and oxygen atoms in total. The molecule has 0 aliphatic rings. The minimum atomic E-state index is -0.567. The lowest BCUT2D eigenvalue weighted by atomic mass is 10.2. The number of phenols is 2. The van der Waals surface area contributed by atoms with E-state index < -0.39 is 9.85 Å². The van der Waals surface area contributed by atoms with E-state index in [1.165, 1.54) is 61.2 Å². The number of hydrogen-bond acceptors (Lipinski definition) is 10. The number of nitro benzene ring substituents is 2. The fraction of sp³-hybridized carbons (Fsp3) is 0. The van der Waals surface area contributed by atoms with Crippen molar-refractivity contribution in [3.63, 3.8) is 0 Å². The Hall–Kier alpha value is -5.52. The van der Waals surface area contributed by atoms with E-state index in [4.69, 9.17) is 0 Å². The fourth-order valence-electron chi connectivity index (χ4n) is 3.09. The first-order valence-corrected chi connectivity index (χ1v) is 10.3. The molecule has 0 bridgehead atoms. The summed E-state index contributed by atoms with van der Waals surface area (Å²) in [6, 6.07) is 13.7. The molecule has 178 valence electrons. The van der Waals surface area contributed by atoms with Gasteiger partial charge in [0.15, 0.2) is 0 Å². The first kappa shape index (κ1) is 23.6. The van der Waals surface area contributed by atoms with Crippen LogP contribution in [0.2, 0.25) is 0 Å². The van der Waals surface area contributed by atoms with Crippen molar-refractivity contribution in [1.82, 2.24) is 9.97 Å². The second-order valence-electron chi connectivity index (χ2n) is 7.32. The molecule has 0 spiro atoms. The van der Waals surface area contributed by atoms with E-state index in [1.807, 2.05) is 0 Å². The Morgan fingerprint density at radius 1 is 0.667 bits per heavy atom. The van der Waals surface area contributed by atoms with E-state index >= 15 is 0 Å². The molecule has 36 heavy (non-hydrogen) atoms. The van der Waals surface area contributed by atoms with Gasteiger partial charge >= 0.3 is 0 Å². The minimum Gasteiger partial charge on any atom is -0.507 e. The average molecular weight is 484 g/mol. The molecule has 2 N–H and O–H groups in total. The summed E-state index contributed by atoms with van der Waals surface area (Å²) in [6.07, 6.45) is 5.63. The largest absolute Gasteiger partial charge is 0.507 e. The third-order valence-electron chi connectivity index (χ3n) is 4.90. The van der Waals surface area contributed by atoms with Crippen LogP contribution < -0.4 is 0 Å². The van der Waals surface area contributed by atoms with Crippen molar-refractivity contribution in [1.29, 1.82) is 0 Å². The maximum atomic E-state index is 11.0. The summed E-state index contributed by atoms with van der Waals surface area (Å²) in [5.74, 6) is -0.304. The van der Waals surface area contributed by atoms with Crippen molar-refractivity contribution in [2.45, 2.75) is 0 Å². The highest BCUT2D eigenvalue weighted by molar-refractivity contribution is 5.87. The predicted octanol–water partition coefficient (Wildman–Crippen LogP) is 4.87. The van der Waals surface area contributed by atoms with Crippen molar-refractivity contribution < 1.29 is 20.1 Å². The van der Waals surface area contributed by atoms with E-state index in [2.05, 4.69) is 20.0 Å². The Balaban J connectivity index is 1.58. The smallest absolute Gasteiger partial charge is 0.270 e. The first-order valence-electron chi connectivity index (χ1n) is 10.3. The third kappa shape index (κ3) is 5.51. The summed E-state index contributed by atoms with van der Waals surface area (Å²) in [4.78, 5) is 37.9. The highest BCUT2D eigenvalue weighted by Crippen LogP contribution is 2.26. The van der Waals surface area contributed by atoms with E-state index in [9.17, 15) is 30.4 Å². The summed E-state index contributed by atoms with van der Waals surface area (Å²) in [7, 11) is 0. The van der Waals surface area contributed by atoms with Crippen LogP contribution >= 0.6 is 0 Å². The molecule has 0 aliphatic carbocycles. The number of aromatic nitrogens is 2. The van der Waals surface area contributed by atoms with Crippen molar-refractivity contribution in [3.8, 4) is 22.9 Å². The molecule has 0 radical (unpaired) electrons. The molecule has 0 saturated heterocycles. The van der Waals surface area contributed by atoms with Crippen LogP contribution in [0.3, 0.4) is 0 Å². The lowest BCUT2D eigenvalue weighted by Gasteiger charge is -2.03. The third-order valence-corrected chi connectivity index (χ3v) is 4.90. The van der Waals surface area contributed by atoms with E-state index in [0.29, 0.717) is 22.8 Å². The molecule has 4 aromatic rings. The molecule has 0 aliphatic heterocycles. The molecule has 4 rings (SSSR count). The quantitative estimate of drug-likeness (QED) is 0.212. The molecule has 2 aromatic carbocycles. The second-order valence-corrected chi connectivity index (χ2v) is 7.32. The molecular formula is C24H16N6O6. The van der Waals surface area contributed by atoms with Crippen LogP contribution in [0.5, 0.6) is 11.5 Å². The van der Waals surface area contributed by atoms with Gasteiger partial charge in [0.25, 0.3) is 11.4 Å². The number of pyridine rings is 2. The van der Waals surface area contributed by atoms with Crippen molar-refractivity contribution >= 4 is 35.2 Å². The number of aromatic hydroxyl groups is 2. The topological polar surface area (TPSA) is 177 Å². The van der Waals surface area contributed by atoms with E-state index in [-0.39, 0.29) is 34.0 Å². The summed E-state index contributed by atoms with van der Waals surface area (Å²) in [5, 5.41) is 41.8. The van der Waals surface area contributed by atoms with Crippen LogP contribution in [-0.4, -0.2) is 42.5 Å². The Morgan fingerprint density at radius 3 is 1.47 bits per heavy atom. The molecule has 12 heteroatoms. The average Bonchev–Trinajstić information content (AvgIpc) is 2.88. The van der Waals surface area contributed by atoms with Gasteiger partial charge in [0.05, 0.1) is 32.6 Å². The molecule has 0 atom stereocenters. The number of rotatable bonds is 7. The fourth-order valence-corrected chi connectivity index (χ4v) is 3.09. The van der Waals surface area contributed by atoms with Gasteiger partial charge in [-0.15, -0.1) is 0 Å². The molecule has 2 heterocycles. The van der Waals surface area contributed by atoms with Gasteiger partial charge in [0.1, 0.15) is 11.5 Å². The maximum Gasteiger partial charge on any atom is 0.270 e. The number of hydrogen-bond donors (Lipinski definition) is 2. The lowest BCUT2D eigenvalue weighted by Crippen LogP contribution is -1.91. The SMILES string of the molecule is O=[N+]([O-])c1ccc(O)c(C=Nc2ccnc(-c3cc(N=Cc4cc([N+](=O)[O-])ccc4O)ccn3)c2)c1. The number of phenolic OH excluding ortho intramolecular Hbond substituents is 2. The number of benzene rings is 2. The van der Waals surface area contributed by atoms with Gasteiger partial charge in [0.2, 0.25) is 0 Å². The maximum absolute atomic E-state index is 11.0. The highest BCUT2D eigenvalue weighted by atomic mass is 16.6. The lowest BCUT2D eigenvalue weighted by molar-refractivity contribution is -0.385. The summed E-state index contributed by atoms with van der Waals surface area (Å²) < 4.78 is 0. The number of aliphatic imine (C=N–C) groups is 2. The van der Waals surface area contributed by atoms with Crippen LogP contribution in [-0.2, 0) is 0 Å². The zero-order valence-electron chi connectivity index (χ0n) is 18.3. The van der Waals surface area contributed by atoms with Crippen molar-refractivity contribution in [2.24, 2.45) is 9.98 Å². The summed E-state index contributed by atoms with van der Waals surface area (Å²) in [6.45, 7) is 0. The molecule has 0 saturated carbocycles. The van der Waals surface area contributed by atoms with Crippen LogP contribution in [0.25, 0.3) is 11.4 Å². The number of non-ortho nitro benzene ring substituents is 2. The molecule has 0 unspecified atom stereocenters. The Bertz CT molecular complexity index is 1420. The minimum absolute atomic E-state index is 0.152. The van der Waals surface area contributed by atoms with Crippen LogP contribution in [0.4, 0.5) is 22.7 Å². The predicted molar refractivity (Wildman–Crippen MR) is 131 cm³/mol. The Kier molecular flexibility index (Phi) is 6.68. The summed E-state index contributed by atoms with van der Waals surface area (Å²) in [5.41, 5.74) is 1.86. The standard InChI is InChI=1S/C24H16N6O6/c31-23-3-1-19(29(33)34)9-15(23)13-27-17-5-7-25-21(11-17)22-12-18(6-8-26-22)28-14-16-10-20(30(35)36)2-4-24(16)32/h1-14,31-32H. The zero-order chi connectivity index (χ0) is 25.7. The van der Waals surface area contributed by atoms with Gasteiger partial charge in [-0.05, 0) is 36.4 Å². The Labute approximate surface area is 202 Å². The normalized spacial score (nSPS) is 11.2. The van der Waals surface area contributed by atoms with Gasteiger partial charge < -0.3 is 10.2 Å². The van der Waals surface area contributed by atoms with Gasteiger partial charge in [-0.2, -0.15) is 0 Å². The molecule has 2 aromatic heterocycles. The van der Waals surface area contributed by atoms with Gasteiger partial charge in [-0.25, -0.2) is 0 Å². The van der Waals surface area contributed by atoms with Gasteiger partial charge in [-0.3, -0.25) is 40.2 Å². The summed E-state index contributed by atoms with van der Waals surface area (Å²) >= 11 is 0. The molecule has 0 amide bonds. The van der Waals surface area contributed by atoms with Gasteiger partial charge in [0, 0.05) is 60.2 Å². The van der Waals surface area contributed by atoms with Crippen LogP contribution in [0.15, 0.2) is 83.0 Å². The first-order chi connectivity index (χ1) is 17.3. The van der Waals surface area contributed by atoms with E-state index in [0.717, 1.165) is 0 Å².